The molecule has 6 nitrogen and oxygen atoms in total. The lowest BCUT2D eigenvalue weighted by Crippen LogP contribution is -2.38. The van der Waals surface area contributed by atoms with Crippen molar-refractivity contribution in [1.29, 1.82) is 0 Å². The van der Waals surface area contributed by atoms with Gasteiger partial charge in [0.15, 0.2) is 11.5 Å². The molecule has 178 valence electrons. The number of anilines is 1. The van der Waals surface area contributed by atoms with E-state index in [4.69, 9.17) is 21.1 Å². The predicted octanol–water partition coefficient (Wildman–Crippen LogP) is 4.91. The Morgan fingerprint density at radius 2 is 1.56 bits per heavy atom. The van der Waals surface area contributed by atoms with Crippen molar-refractivity contribution >= 4 is 23.2 Å². The topological polar surface area (TPSA) is 71.0 Å². The molecule has 0 aromatic heterocycles. The van der Waals surface area contributed by atoms with Gasteiger partial charge in [0.05, 0.1) is 36.5 Å². The lowest BCUT2D eigenvalue weighted by atomic mass is 9.96. The van der Waals surface area contributed by atoms with E-state index in [9.17, 15) is 9.90 Å². The van der Waals surface area contributed by atoms with Crippen LogP contribution in [0, 0.1) is 0 Å². The van der Waals surface area contributed by atoms with Gasteiger partial charge in [-0.1, -0.05) is 72.3 Å². The lowest BCUT2D eigenvalue weighted by molar-refractivity contribution is -0.117. The molecule has 0 radical (unpaired) electrons. The predicted molar refractivity (Wildman–Crippen MR) is 134 cm³/mol. The summed E-state index contributed by atoms with van der Waals surface area (Å²) in [5, 5.41) is 12.8. The van der Waals surface area contributed by atoms with Gasteiger partial charge in [0.25, 0.3) is 0 Å². The van der Waals surface area contributed by atoms with E-state index in [1.54, 1.807) is 12.1 Å². The van der Waals surface area contributed by atoms with E-state index >= 15 is 0 Å². The number of fused-ring (bicyclic) bond motifs is 1. The summed E-state index contributed by atoms with van der Waals surface area (Å²) in [6.45, 7) is 1.83. The van der Waals surface area contributed by atoms with Crippen molar-refractivity contribution in [2.45, 2.75) is 18.9 Å². The number of carbonyl (C=O) groups is 1. The quantitative estimate of drug-likeness (QED) is 0.455. The van der Waals surface area contributed by atoms with Crippen LogP contribution in [-0.2, 0) is 4.79 Å². The van der Waals surface area contributed by atoms with Crippen LogP contribution in [0.4, 0.5) is 5.69 Å². The smallest absolute Gasteiger partial charge is 0.238 e. The molecule has 3 aromatic carbocycles. The first-order valence-corrected chi connectivity index (χ1v) is 11.9. The van der Waals surface area contributed by atoms with Gasteiger partial charge in [-0.15, -0.1) is 0 Å². The molecule has 0 spiro atoms. The largest absolute Gasteiger partial charge is 0.490 e. The van der Waals surface area contributed by atoms with Crippen LogP contribution >= 0.6 is 11.6 Å². The van der Waals surface area contributed by atoms with Crippen LogP contribution in [0.3, 0.4) is 0 Å². The second-order valence-electron chi connectivity index (χ2n) is 8.15. The van der Waals surface area contributed by atoms with Crippen molar-refractivity contribution in [2.75, 3.05) is 38.2 Å². The van der Waals surface area contributed by atoms with Gasteiger partial charge in [-0.2, -0.15) is 0 Å². The zero-order valence-electron chi connectivity index (χ0n) is 19.0. The maximum absolute atomic E-state index is 13.2. The molecule has 4 rings (SSSR count). The fraction of sp³-hybridized carbons (Fsp3) is 0.296. The molecule has 0 unspecified atom stereocenters. The Kier molecular flexibility index (Phi) is 8.41. The third kappa shape index (κ3) is 6.08. The number of nitrogens with zero attached hydrogens (tertiary/aromatic N) is 1. The number of hydrogen-bond acceptors (Lipinski definition) is 5. The van der Waals surface area contributed by atoms with Gasteiger partial charge in [-0.05, 0) is 17.5 Å². The van der Waals surface area contributed by atoms with E-state index in [0.717, 1.165) is 17.5 Å². The Balaban J connectivity index is 1.58. The number of nitrogens with one attached hydrogen (secondary N) is 1. The molecular weight excluding hydrogens is 452 g/mol. The maximum atomic E-state index is 13.2. The van der Waals surface area contributed by atoms with Crippen molar-refractivity contribution in [2.24, 2.45) is 0 Å². The number of amides is 1. The number of carbonyl (C=O) groups excluding carboxylic acids is 1. The van der Waals surface area contributed by atoms with Crippen LogP contribution in [0.2, 0.25) is 5.02 Å². The number of aliphatic hydroxyl groups excluding tert-OH is 1. The average Bonchev–Trinajstić information content (AvgIpc) is 3.09. The molecule has 0 atom stereocenters. The van der Waals surface area contributed by atoms with Gasteiger partial charge in [0.1, 0.15) is 0 Å². The van der Waals surface area contributed by atoms with Gasteiger partial charge in [-0.3, -0.25) is 9.69 Å². The molecule has 0 saturated carbocycles. The van der Waals surface area contributed by atoms with Crippen LogP contribution < -0.4 is 14.8 Å². The first-order valence-electron chi connectivity index (χ1n) is 11.5. The van der Waals surface area contributed by atoms with Crippen molar-refractivity contribution in [3.05, 3.63) is 88.9 Å². The first-order chi connectivity index (χ1) is 16.7. The standard InChI is InChI=1S/C27H29ClN2O4/c28-22-17-24-25(34-16-8-15-33-24)18-23(22)29-26(32)19-30(13-7-14-31)27(20-9-3-1-4-10-20)21-11-5-2-6-12-21/h1-6,9-12,17-18,27,31H,7-8,13-16,19H2,(H,29,32). The second kappa shape index (κ2) is 11.9. The monoisotopic (exact) mass is 480 g/mol. The molecule has 1 aliphatic heterocycles. The first kappa shape index (κ1) is 24.1. The second-order valence-corrected chi connectivity index (χ2v) is 8.56. The van der Waals surface area contributed by atoms with Crippen molar-refractivity contribution < 1.29 is 19.4 Å². The summed E-state index contributed by atoms with van der Waals surface area (Å²) in [6, 6.07) is 23.4. The summed E-state index contributed by atoms with van der Waals surface area (Å²) < 4.78 is 11.4. The highest BCUT2D eigenvalue weighted by atomic mass is 35.5. The van der Waals surface area contributed by atoms with E-state index in [-0.39, 0.29) is 25.1 Å². The van der Waals surface area contributed by atoms with Crippen LogP contribution in [0.1, 0.15) is 30.0 Å². The number of benzene rings is 3. The van der Waals surface area contributed by atoms with Crippen molar-refractivity contribution in [1.82, 2.24) is 4.90 Å². The highest BCUT2D eigenvalue weighted by Gasteiger charge is 2.25. The zero-order valence-corrected chi connectivity index (χ0v) is 19.7. The van der Waals surface area contributed by atoms with Crippen LogP contribution in [-0.4, -0.2) is 48.8 Å². The molecule has 1 heterocycles. The summed E-state index contributed by atoms with van der Waals surface area (Å²) >= 11 is 6.44. The fourth-order valence-corrected chi connectivity index (χ4v) is 4.31. The summed E-state index contributed by atoms with van der Waals surface area (Å²) in [7, 11) is 0. The molecule has 0 fully saturated rings. The Labute approximate surface area is 205 Å². The number of hydrogen-bond donors (Lipinski definition) is 2. The Bertz CT molecular complexity index is 1040. The SMILES string of the molecule is O=C(CN(CCCO)C(c1ccccc1)c1ccccc1)Nc1cc2c(cc1Cl)OCCCO2. The van der Waals surface area contributed by atoms with Gasteiger partial charge >= 0.3 is 0 Å². The number of rotatable bonds is 9. The minimum absolute atomic E-state index is 0.0441. The Hall–Kier alpha value is -3.06. The lowest BCUT2D eigenvalue weighted by Gasteiger charge is -2.32. The van der Waals surface area contributed by atoms with Crippen LogP contribution in [0.15, 0.2) is 72.8 Å². The number of halogens is 1. The van der Waals surface area contributed by atoms with E-state index in [1.165, 1.54) is 0 Å². The molecule has 1 amide bonds. The van der Waals surface area contributed by atoms with E-state index in [0.29, 0.717) is 48.4 Å². The molecule has 0 saturated heterocycles. The van der Waals surface area contributed by atoms with Gasteiger partial charge in [-0.25, -0.2) is 0 Å². The molecule has 34 heavy (non-hydrogen) atoms. The molecule has 0 aliphatic carbocycles. The Morgan fingerprint density at radius 3 is 2.15 bits per heavy atom. The summed E-state index contributed by atoms with van der Waals surface area (Å²) in [4.78, 5) is 15.3. The minimum Gasteiger partial charge on any atom is -0.490 e. The number of aliphatic hydroxyl groups is 1. The van der Waals surface area contributed by atoms with E-state index in [2.05, 4.69) is 34.5 Å². The van der Waals surface area contributed by atoms with Gasteiger partial charge in [0.2, 0.25) is 5.91 Å². The third-order valence-electron chi connectivity index (χ3n) is 5.66. The van der Waals surface area contributed by atoms with E-state index < -0.39 is 0 Å². The fourth-order valence-electron chi connectivity index (χ4n) is 4.11. The molecule has 2 N–H and O–H groups in total. The van der Waals surface area contributed by atoms with Gasteiger partial charge in [0, 0.05) is 31.7 Å². The third-order valence-corrected chi connectivity index (χ3v) is 5.97. The summed E-state index contributed by atoms with van der Waals surface area (Å²) in [6.07, 6.45) is 1.34. The molecule has 3 aromatic rings. The minimum atomic E-state index is -0.203. The Morgan fingerprint density at radius 1 is 0.971 bits per heavy atom. The summed E-state index contributed by atoms with van der Waals surface area (Å²) in [5.74, 6) is 0.949. The van der Waals surface area contributed by atoms with E-state index in [1.807, 2.05) is 36.4 Å². The van der Waals surface area contributed by atoms with Gasteiger partial charge < -0.3 is 19.9 Å². The highest BCUT2D eigenvalue weighted by Crippen LogP contribution is 2.38. The van der Waals surface area contributed by atoms with Crippen LogP contribution in [0.25, 0.3) is 0 Å². The van der Waals surface area contributed by atoms with Crippen LogP contribution in [0.5, 0.6) is 11.5 Å². The van der Waals surface area contributed by atoms with Crippen molar-refractivity contribution in [3.8, 4) is 11.5 Å². The van der Waals surface area contributed by atoms with Crippen molar-refractivity contribution in [3.63, 3.8) is 0 Å². The highest BCUT2D eigenvalue weighted by molar-refractivity contribution is 6.34. The normalized spacial score (nSPS) is 13.1. The molecule has 0 bridgehead atoms. The molecular formula is C27H29ClN2O4. The average molecular weight is 481 g/mol. The number of ether oxygens (including phenoxy) is 2. The zero-order chi connectivity index (χ0) is 23.8. The summed E-state index contributed by atoms with van der Waals surface area (Å²) in [5.41, 5.74) is 2.63. The maximum Gasteiger partial charge on any atom is 0.238 e. The molecule has 7 heteroatoms. The molecule has 1 aliphatic rings.